The summed E-state index contributed by atoms with van der Waals surface area (Å²) in [6.07, 6.45) is 0. The molecule has 0 rings (SSSR count). The van der Waals surface area contributed by atoms with Crippen molar-refractivity contribution in [3.8, 4) is 0 Å². The lowest BCUT2D eigenvalue weighted by molar-refractivity contribution is 0.0655. The van der Waals surface area contributed by atoms with Crippen LogP contribution in [0.2, 0.25) is 0 Å². The Bertz CT molecular complexity index is 235. The monoisotopic (exact) mass is 306 g/mol. The lowest BCUT2D eigenvalue weighted by Crippen LogP contribution is -2.57. The predicted molar refractivity (Wildman–Crippen MR) is 79.5 cm³/mol. The van der Waals surface area contributed by atoms with E-state index in [-0.39, 0.29) is 0 Å². The molecule has 0 heterocycles. The first-order valence-electron chi connectivity index (χ1n) is 6.60. The van der Waals surface area contributed by atoms with Crippen LogP contribution in [0.4, 0.5) is 0 Å². The van der Waals surface area contributed by atoms with Gasteiger partial charge in [-0.05, 0) is 39.1 Å². The zero-order valence-electron chi connectivity index (χ0n) is 12.4. The molecule has 0 saturated carbocycles. The molecule has 0 bridgehead atoms. The fraction of sp³-hybridized carbons (Fsp3) is 0.667. The van der Waals surface area contributed by atoms with Gasteiger partial charge in [-0.25, -0.2) is 0 Å². The van der Waals surface area contributed by atoms with Crippen LogP contribution in [0.1, 0.15) is 27.7 Å². The van der Waals surface area contributed by atoms with Crippen LogP contribution in [0.15, 0.2) is 24.6 Å². The zero-order valence-corrected chi connectivity index (χ0v) is 14.4. The van der Waals surface area contributed by atoms with Crippen molar-refractivity contribution in [2.45, 2.75) is 27.7 Å². The van der Waals surface area contributed by atoms with Gasteiger partial charge in [-0.1, -0.05) is 13.2 Å². The molecule has 0 atom stereocenters. The summed E-state index contributed by atoms with van der Waals surface area (Å²) in [4.78, 5) is 0. The highest BCUT2D eigenvalue weighted by Crippen LogP contribution is 2.21. The van der Waals surface area contributed by atoms with Crippen LogP contribution in [0.25, 0.3) is 0 Å². The third-order valence-corrected chi connectivity index (χ3v) is 8.21. The molecule has 0 unspecified atom stereocenters. The van der Waals surface area contributed by atoms with E-state index < -0.39 is 17.6 Å². The smallest absolute Gasteiger partial charge is 0.371 e. The molecule has 0 N–H and O–H groups in total. The van der Waals surface area contributed by atoms with Gasteiger partial charge in [0.25, 0.3) is 0 Å². The second kappa shape index (κ2) is 9.59. The van der Waals surface area contributed by atoms with Gasteiger partial charge >= 0.3 is 17.6 Å². The minimum Gasteiger partial charge on any atom is -0.371 e. The van der Waals surface area contributed by atoms with E-state index in [4.69, 9.17) is 21.8 Å². The van der Waals surface area contributed by atoms with Gasteiger partial charge in [0.2, 0.25) is 0 Å². The number of hydrogen-bond donors (Lipinski definition) is 0. The van der Waals surface area contributed by atoms with Crippen LogP contribution in [0.5, 0.6) is 0 Å². The molecule has 0 amide bonds. The number of rotatable bonds is 12. The molecule has 7 heteroatoms. The van der Waals surface area contributed by atoms with Crippen molar-refractivity contribution >= 4 is 17.6 Å². The SMILES string of the molecule is C=C[Si](OCC)(OCC)O[Si](C=C)(OCC)OCC. The summed E-state index contributed by atoms with van der Waals surface area (Å²) in [5.41, 5.74) is 3.20. The highest BCUT2D eigenvalue weighted by atomic mass is 28.5. The van der Waals surface area contributed by atoms with E-state index in [1.165, 1.54) is 0 Å². The van der Waals surface area contributed by atoms with Crippen LogP contribution in [-0.2, 0) is 21.8 Å². The third kappa shape index (κ3) is 5.69. The highest BCUT2D eigenvalue weighted by molar-refractivity contribution is 6.80. The quantitative estimate of drug-likeness (QED) is 0.518. The fourth-order valence-corrected chi connectivity index (χ4v) is 6.97. The van der Waals surface area contributed by atoms with E-state index in [1.807, 2.05) is 27.7 Å². The van der Waals surface area contributed by atoms with E-state index in [9.17, 15) is 0 Å². The maximum absolute atomic E-state index is 6.04. The second-order valence-corrected chi connectivity index (χ2v) is 8.65. The van der Waals surface area contributed by atoms with Gasteiger partial charge in [0.15, 0.2) is 0 Å². The summed E-state index contributed by atoms with van der Waals surface area (Å²) in [7, 11) is -5.99. The maximum Gasteiger partial charge on any atom is 0.521 e. The molecule has 0 aliphatic heterocycles. The summed E-state index contributed by atoms with van der Waals surface area (Å²) in [5, 5.41) is 0. The first kappa shape index (κ1) is 18.7. The van der Waals surface area contributed by atoms with E-state index in [0.717, 1.165) is 0 Å². The van der Waals surface area contributed by atoms with Gasteiger partial charge in [-0.15, -0.1) is 0 Å². The van der Waals surface area contributed by atoms with Gasteiger partial charge in [0.05, 0.1) is 0 Å². The van der Waals surface area contributed by atoms with Crippen molar-refractivity contribution in [1.82, 2.24) is 0 Å². The standard InChI is InChI=1S/C12H26O5Si2/c1-7-13-18(11-5,14-8-2)17-19(12-6,15-9-3)16-10-4/h11-12H,5-10H2,1-4H3. The maximum atomic E-state index is 6.04. The van der Waals surface area contributed by atoms with Crippen LogP contribution in [0, 0.1) is 0 Å². The summed E-state index contributed by atoms with van der Waals surface area (Å²) in [6, 6.07) is 0. The first-order valence-corrected chi connectivity index (χ1v) is 10.2. The van der Waals surface area contributed by atoms with Gasteiger partial charge in [0.1, 0.15) is 0 Å². The Labute approximate surface area is 118 Å². The molecule has 0 saturated heterocycles. The third-order valence-electron chi connectivity index (χ3n) is 2.17. The van der Waals surface area contributed by atoms with Gasteiger partial charge < -0.3 is 21.8 Å². The summed E-state index contributed by atoms with van der Waals surface area (Å²) < 4.78 is 28.7. The lowest BCUT2D eigenvalue weighted by atomic mass is 10.9. The zero-order chi connectivity index (χ0) is 14.8. The molecule has 0 aliphatic carbocycles. The molecule has 19 heavy (non-hydrogen) atoms. The van der Waals surface area contributed by atoms with E-state index in [2.05, 4.69) is 13.2 Å². The average molecular weight is 307 g/mol. The number of hydrogen-bond acceptors (Lipinski definition) is 5. The second-order valence-electron chi connectivity index (χ2n) is 3.45. The van der Waals surface area contributed by atoms with Gasteiger partial charge in [-0.2, -0.15) is 0 Å². The van der Waals surface area contributed by atoms with Crippen molar-refractivity contribution in [1.29, 1.82) is 0 Å². The Hall–Kier alpha value is -0.286. The Morgan fingerprint density at radius 1 is 0.684 bits per heavy atom. The molecular formula is C12H26O5Si2. The van der Waals surface area contributed by atoms with Crippen molar-refractivity contribution in [2.75, 3.05) is 26.4 Å². The molecule has 0 aromatic carbocycles. The Morgan fingerprint density at radius 3 is 1.11 bits per heavy atom. The largest absolute Gasteiger partial charge is 0.521 e. The Balaban J connectivity index is 5.19. The van der Waals surface area contributed by atoms with E-state index in [0.29, 0.717) is 26.4 Å². The molecule has 0 aliphatic rings. The van der Waals surface area contributed by atoms with Crippen molar-refractivity contribution in [3.05, 3.63) is 24.6 Å². The molecule has 5 nitrogen and oxygen atoms in total. The molecule has 0 spiro atoms. The Morgan fingerprint density at radius 2 is 0.947 bits per heavy atom. The first-order chi connectivity index (χ1) is 9.07. The summed E-state index contributed by atoms with van der Waals surface area (Å²) >= 11 is 0. The van der Waals surface area contributed by atoms with Gasteiger partial charge in [0, 0.05) is 26.4 Å². The fourth-order valence-electron chi connectivity index (χ4n) is 1.52. The average Bonchev–Trinajstić information content (AvgIpc) is 2.39. The highest BCUT2D eigenvalue weighted by Gasteiger charge is 2.50. The summed E-state index contributed by atoms with van der Waals surface area (Å²) in [5.74, 6) is 0. The van der Waals surface area contributed by atoms with Crippen molar-refractivity contribution < 1.29 is 21.8 Å². The normalized spacial score (nSPS) is 12.4. The van der Waals surface area contributed by atoms with Crippen molar-refractivity contribution in [3.63, 3.8) is 0 Å². The predicted octanol–water partition coefficient (Wildman–Crippen LogP) is 2.48. The minimum atomic E-state index is -3.00. The molecule has 0 fully saturated rings. The van der Waals surface area contributed by atoms with Crippen LogP contribution < -0.4 is 0 Å². The molecule has 0 aromatic heterocycles. The van der Waals surface area contributed by atoms with Crippen LogP contribution in [-0.4, -0.2) is 44.0 Å². The van der Waals surface area contributed by atoms with E-state index >= 15 is 0 Å². The minimum absolute atomic E-state index is 0.470. The van der Waals surface area contributed by atoms with Gasteiger partial charge in [-0.3, -0.25) is 0 Å². The van der Waals surface area contributed by atoms with Crippen LogP contribution >= 0.6 is 0 Å². The molecule has 0 aromatic rings. The molecular weight excluding hydrogens is 280 g/mol. The van der Waals surface area contributed by atoms with Crippen molar-refractivity contribution in [2.24, 2.45) is 0 Å². The van der Waals surface area contributed by atoms with Crippen LogP contribution in [0.3, 0.4) is 0 Å². The molecule has 0 radical (unpaired) electrons. The Kier molecular flexibility index (Phi) is 9.45. The van der Waals surface area contributed by atoms with E-state index in [1.54, 1.807) is 11.4 Å². The molecule has 112 valence electrons. The topological polar surface area (TPSA) is 46.2 Å². The lowest BCUT2D eigenvalue weighted by Gasteiger charge is -2.34. The summed E-state index contributed by atoms with van der Waals surface area (Å²) in [6.45, 7) is 17.0.